The normalized spacial score (nSPS) is 13.5. The maximum Gasteiger partial charge on any atom is 0.300 e. The Bertz CT molecular complexity index is 538. The van der Waals surface area contributed by atoms with E-state index in [1.807, 2.05) is 0 Å². The summed E-state index contributed by atoms with van der Waals surface area (Å²) in [5.41, 5.74) is -0.445. The minimum absolute atomic E-state index is 0.197. The van der Waals surface area contributed by atoms with Gasteiger partial charge >= 0.3 is 0 Å². The molecule has 0 amide bonds. The molecule has 1 aromatic rings. The van der Waals surface area contributed by atoms with Crippen LogP contribution in [0.4, 0.5) is 5.69 Å². The van der Waals surface area contributed by atoms with Crippen molar-refractivity contribution in [3.63, 3.8) is 0 Å². The van der Waals surface area contributed by atoms with Gasteiger partial charge in [0.2, 0.25) is 0 Å². The maximum absolute atomic E-state index is 11.9. The summed E-state index contributed by atoms with van der Waals surface area (Å²) in [6.45, 7) is 1.35. The topological polar surface area (TPSA) is 110 Å². The van der Waals surface area contributed by atoms with Gasteiger partial charge in [-0.1, -0.05) is 18.5 Å². The zero-order valence-electron chi connectivity index (χ0n) is 9.29. The minimum atomic E-state index is -3.90. The Morgan fingerprint density at radius 2 is 2.28 bits per heavy atom. The lowest BCUT2D eigenvalue weighted by Crippen LogP contribution is -2.36. The van der Waals surface area contributed by atoms with E-state index in [9.17, 15) is 18.5 Å². The molecule has 102 valence electrons. The number of nitro groups is 1. The first-order valence-corrected chi connectivity index (χ1v) is 7.56. The Balaban J connectivity index is 3.06. The number of halogens is 1. The molecule has 0 saturated heterocycles. The van der Waals surface area contributed by atoms with E-state index in [0.717, 1.165) is 6.07 Å². The summed E-state index contributed by atoms with van der Waals surface area (Å²) in [6, 6.07) is 0.273. The molecule has 0 unspecified atom stereocenters. The number of thiophene rings is 1. The van der Waals surface area contributed by atoms with Crippen molar-refractivity contribution in [1.29, 1.82) is 0 Å². The third-order valence-electron chi connectivity index (χ3n) is 2.14. The Morgan fingerprint density at radius 3 is 2.67 bits per heavy atom. The molecule has 0 aliphatic rings. The Morgan fingerprint density at radius 1 is 1.67 bits per heavy atom. The fraction of sp³-hybridized carbons (Fsp3) is 0.500. The van der Waals surface area contributed by atoms with E-state index in [1.165, 1.54) is 0 Å². The molecule has 0 bridgehead atoms. The number of aliphatic hydroxyl groups excluding tert-OH is 1. The van der Waals surface area contributed by atoms with Crippen LogP contribution in [0, 0.1) is 10.1 Å². The second-order valence-electron chi connectivity index (χ2n) is 3.39. The Labute approximate surface area is 113 Å². The molecule has 10 heteroatoms. The lowest BCUT2D eigenvalue weighted by atomic mass is 10.3. The summed E-state index contributed by atoms with van der Waals surface area (Å²) >= 11 is 6.19. The fourth-order valence-corrected chi connectivity index (χ4v) is 4.11. The predicted octanol–water partition coefficient (Wildman–Crippen LogP) is 1.36. The molecule has 0 spiro atoms. The van der Waals surface area contributed by atoms with Crippen molar-refractivity contribution in [3.05, 3.63) is 20.5 Å². The molecule has 0 fully saturated rings. The number of nitrogens with zero attached hydrogens (tertiary/aromatic N) is 1. The number of rotatable bonds is 6. The van der Waals surface area contributed by atoms with Gasteiger partial charge in [-0.15, -0.1) is 11.3 Å². The van der Waals surface area contributed by atoms with Crippen LogP contribution in [0.5, 0.6) is 0 Å². The summed E-state index contributed by atoms with van der Waals surface area (Å²) in [7, 11) is -3.90. The third-order valence-corrected chi connectivity index (χ3v) is 5.47. The Kier molecular flexibility index (Phi) is 5.05. The summed E-state index contributed by atoms with van der Waals surface area (Å²) in [5, 5.41) is 19.5. The summed E-state index contributed by atoms with van der Waals surface area (Å²) in [4.78, 5) is 9.82. The fourth-order valence-electron chi connectivity index (χ4n) is 1.12. The van der Waals surface area contributed by atoms with Crippen LogP contribution in [0.3, 0.4) is 0 Å². The van der Waals surface area contributed by atoms with Crippen LogP contribution in [0.1, 0.15) is 13.3 Å². The number of hydrogen-bond donors (Lipinski definition) is 2. The van der Waals surface area contributed by atoms with E-state index in [0.29, 0.717) is 17.8 Å². The molecule has 0 saturated carbocycles. The van der Waals surface area contributed by atoms with Gasteiger partial charge in [-0.25, -0.2) is 13.1 Å². The zero-order chi connectivity index (χ0) is 13.9. The Hall–Kier alpha value is -0.740. The molecule has 7 nitrogen and oxygen atoms in total. The quantitative estimate of drug-likeness (QED) is 0.608. The number of nitrogens with one attached hydrogen (secondary N) is 1. The summed E-state index contributed by atoms with van der Waals surface area (Å²) < 4.78 is 25.5. The molecule has 1 rings (SSSR count). The molecule has 1 heterocycles. The summed E-state index contributed by atoms with van der Waals surface area (Å²) in [6.07, 6.45) is 0.400. The van der Waals surface area contributed by atoms with Crippen LogP contribution >= 0.6 is 22.9 Å². The van der Waals surface area contributed by atoms with Gasteiger partial charge in [0.05, 0.1) is 11.5 Å². The second kappa shape index (κ2) is 5.93. The van der Waals surface area contributed by atoms with E-state index < -0.39 is 26.7 Å². The van der Waals surface area contributed by atoms with Gasteiger partial charge < -0.3 is 5.11 Å². The highest BCUT2D eigenvalue weighted by atomic mass is 35.5. The van der Waals surface area contributed by atoms with Crippen molar-refractivity contribution in [1.82, 2.24) is 4.72 Å². The first-order chi connectivity index (χ1) is 8.31. The van der Waals surface area contributed by atoms with Gasteiger partial charge in [-0.05, 0) is 6.42 Å². The number of aliphatic hydroxyl groups is 1. The van der Waals surface area contributed by atoms with Crippen LogP contribution in [0.15, 0.2) is 10.3 Å². The molecular formula is C8H11ClN2O5S2. The van der Waals surface area contributed by atoms with E-state index in [1.54, 1.807) is 6.92 Å². The SMILES string of the molecule is CC[C@H](CO)NS(=O)(=O)c1cc([N+](=O)[O-])c(Cl)s1. The highest BCUT2D eigenvalue weighted by Gasteiger charge is 2.26. The van der Waals surface area contributed by atoms with Crippen LogP contribution in [0.2, 0.25) is 4.34 Å². The van der Waals surface area contributed by atoms with E-state index in [2.05, 4.69) is 4.72 Å². The van der Waals surface area contributed by atoms with E-state index in [4.69, 9.17) is 16.7 Å². The van der Waals surface area contributed by atoms with Gasteiger partial charge in [0.1, 0.15) is 4.21 Å². The van der Waals surface area contributed by atoms with Gasteiger partial charge in [0, 0.05) is 12.1 Å². The molecule has 18 heavy (non-hydrogen) atoms. The lowest BCUT2D eigenvalue weighted by Gasteiger charge is -2.12. The smallest absolute Gasteiger partial charge is 0.300 e. The van der Waals surface area contributed by atoms with Crippen molar-refractivity contribution >= 4 is 38.6 Å². The van der Waals surface area contributed by atoms with Crippen LogP contribution in [-0.4, -0.2) is 31.1 Å². The molecule has 1 aromatic heterocycles. The molecule has 0 aliphatic heterocycles. The molecule has 0 aromatic carbocycles. The van der Waals surface area contributed by atoms with E-state index in [-0.39, 0.29) is 15.2 Å². The molecule has 0 radical (unpaired) electrons. The molecule has 0 aliphatic carbocycles. The lowest BCUT2D eigenvalue weighted by molar-refractivity contribution is -0.384. The highest BCUT2D eigenvalue weighted by Crippen LogP contribution is 2.36. The maximum atomic E-state index is 11.9. The highest BCUT2D eigenvalue weighted by molar-refractivity contribution is 7.91. The first kappa shape index (κ1) is 15.3. The van der Waals surface area contributed by atoms with E-state index >= 15 is 0 Å². The van der Waals surface area contributed by atoms with Crippen LogP contribution in [-0.2, 0) is 10.0 Å². The molecule has 1 atom stereocenters. The average molecular weight is 315 g/mol. The molecular weight excluding hydrogens is 304 g/mol. The monoisotopic (exact) mass is 314 g/mol. The minimum Gasteiger partial charge on any atom is -0.395 e. The van der Waals surface area contributed by atoms with Crippen molar-refractivity contribution in [2.24, 2.45) is 0 Å². The summed E-state index contributed by atoms with van der Waals surface area (Å²) in [5.74, 6) is 0. The zero-order valence-corrected chi connectivity index (χ0v) is 11.7. The predicted molar refractivity (Wildman–Crippen MR) is 67.5 cm³/mol. The van der Waals surface area contributed by atoms with Gasteiger partial charge in [0.15, 0.2) is 4.34 Å². The van der Waals surface area contributed by atoms with Crippen molar-refractivity contribution < 1.29 is 18.4 Å². The van der Waals surface area contributed by atoms with Gasteiger partial charge in [-0.3, -0.25) is 10.1 Å². The first-order valence-electron chi connectivity index (χ1n) is 4.88. The van der Waals surface area contributed by atoms with Gasteiger partial charge in [-0.2, -0.15) is 0 Å². The third kappa shape index (κ3) is 3.39. The second-order valence-corrected chi connectivity index (χ2v) is 6.99. The average Bonchev–Trinajstić information content (AvgIpc) is 2.69. The van der Waals surface area contributed by atoms with Crippen molar-refractivity contribution in [2.75, 3.05) is 6.61 Å². The largest absolute Gasteiger partial charge is 0.395 e. The van der Waals surface area contributed by atoms with Crippen LogP contribution in [0.25, 0.3) is 0 Å². The molecule has 2 N–H and O–H groups in total. The van der Waals surface area contributed by atoms with Gasteiger partial charge in [0.25, 0.3) is 15.7 Å². The van der Waals surface area contributed by atoms with Crippen LogP contribution < -0.4 is 4.72 Å². The van der Waals surface area contributed by atoms with Crippen molar-refractivity contribution in [2.45, 2.75) is 23.6 Å². The number of sulfonamides is 1. The number of hydrogen-bond acceptors (Lipinski definition) is 6. The van der Waals surface area contributed by atoms with Crippen molar-refractivity contribution in [3.8, 4) is 0 Å². The standard InChI is InChI=1S/C8H11ClN2O5S2/c1-2-5(4-12)10-18(15,16)7-3-6(11(13)14)8(9)17-7/h3,5,10,12H,2,4H2,1H3/t5-/m1/s1.